The highest BCUT2D eigenvalue weighted by atomic mass is 32.2. The molecule has 0 saturated carbocycles. The molecule has 0 fully saturated rings. The molecule has 24 heavy (non-hydrogen) atoms. The highest BCUT2D eigenvalue weighted by Crippen LogP contribution is 2.39. The van der Waals surface area contributed by atoms with E-state index in [0.717, 1.165) is 16.3 Å². The summed E-state index contributed by atoms with van der Waals surface area (Å²) in [7, 11) is -0.316. The number of aliphatic imine (C=N–C) groups is 1. The first-order valence-electron chi connectivity index (χ1n) is 7.84. The first-order chi connectivity index (χ1) is 11.6. The van der Waals surface area contributed by atoms with E-state index < -0.39 is 0 Å². The summed E-state index contributed by atoms with van der Waals surface area (Å²) < 4.78 is 0. The van der Waals surface area contributed by atoms with Crippen LogP contribution in [-0.2, 0) is 0 Å². The van der Waals surface area contributed by atoms with E-state index in [9.17, 15) is 10.2 Å². The van der Waals surface area contributed by atoms with Gasteiger partial charge in [0.15, 0.2) is 0 Å². The highest BCUT2D eigenvalue weighted by molar-refractivity contribution is 8.29. The van der Waals surface area contributed by atoms with Crippen molar-refractivity contribution in [2.75, 3.05) is 50.1 Å². The number of aliphatic hydroxyl groups excluding tert-OH is 3. The summed E-state index contributed by atoms with van der Waals surface area (Å²) in [4.78, 5) is 6.39. The van der Waals surface area contributed by atoms with Gasteiger partial charge in [-0.1, -0.05) is 11.9 Å². The fourth-order valence-electron chi connectivity index (χ4n) is 2.71. The van der Waals surface area contributed by atoms with Crippen LogP contribution in [0.4, 0.5) is 11.4 Å². The molecule has 0 aromatic heterocycles. The SMILES string of the molecule is C=S1C=CC(c2cc(N(CCO)CCO)ccc2N)C1=NCCO. The quantitative estimate of drug-likeness (QED) is 0.409. The van der Waals surface area contributed by atoms with Gasteiger partial charge in [-0.05, 0) is 29.2 Å². The Morgan fingerprint density at radius 3 is 2.50 bits per heavy atom. The number of anilines is 2. The normalized spacial score (nSPS) is 21.5. The molecule has 0 spiro atoms. The van der Waals surface area contributed by atoms with Crippen molar-refractivity contribution in [3.63, 3.8) is 0 Å². The number of benzene rings is 1. The molecule has 2 atom stereocenters. The zero-order valence-electron chi connectivity index (χ0n) is 13.6. The topological polar surface area (TPSA) is 102 Å². The van der Waals surface area contributed by atoms with Crippen molar-refractivity contribution >= 4 is 32.8 Å². The van der Waals surface area contributed by atoms with Gasteiger partial charge in [0, 0.05) is 24.5 Å². The maximum Gasteiger partial charge on any atom is 0.0770 e. The second-order valence-corrected chi connectivity index (χ2v) is 6.97. The molecule has 1 aromatic rings. The predicted octanol–water partition coefficient (Wildman–Crippen LogP) is 0.762. The van der Waals surface area contributed by atoms with Gasteiger partial charge in [-0.3, -0.25) is 4.99 Å². The molecule has 0 radical (unpaired) electrons. The Morgan fingerprint density at radius 1 is 1.17 bits per heavy atom. The number of rotatable bonds is 8. The lowest BCUT2D eigenvalue weighted by atomic mass is 9.97. The third kappa shape index (κ3) is 4.24. The van der Waals surface area contributed by atoms with Crippen LogP contribution in [0, 0.1) is 0 Å². The summed E-state index contributed by atoms with van der Waals surface area (Å²) >= 11 is 0. The van der Waals surface area contributed by atoms with Crippen LogP contribution in [0.3, 0.4) is 0 Å². The molecule has 5 N–H and O–H groups in total. The smallest absolute Gasteiger partial charge is 0.0770 e. The maximum absolute atomic E-state index is 9.22. The van der Waals surface area contributed by atoms with Gasteiger partial charge in [0.05, 0.1) is 37.3 Å². The number of nitrogens with zero attached hydrogens (tertiary/aromatic N) is 2. The van der Waals surface area contributed by atoms with Crippen LogP contribution in [0.15, 0.2) is 34.7 Å². The van der Waals surface area contributed by atoms with Gasteiger partial charge in [0.1, 0.15) is 0 Å². The van der Waals surface area contributed by atoms with Gasteiger partial charge < -0.3 is 26.0 Å². The monoisotopic (exact) mass is 351 g/mol. The fourth-order valence-corrected chi connectivity index (χ4v) is 3.98. The van der Waals surface area contributed by atoms with Gasteiger partial charge >= 0.3 is 0 Å². The van der Waals surface area contributed by atoms with Crippen LogP contribution in [0.1, 0.15) is 11.5 Å². The minimum absolute atomic E-state index is 0.00369. The van der Waals surface area contributed by atoms with E-state index in [1.54, 1.807) is 0 Å². The number of nitrogens with two attached hydrogens (primary N) is 1. The summed E-state index contributed by atoms with van der Waals surface area (Å²) in [5.74, 6) is 4.05. The number of allylic oxidation sites excluding steroid dienone is 1. The molecule has 2 unspecified atom stereocenters. The minimum atomic E-state index is -0.316. The van der Waals surface area contributed by atoms with Gasteiger partial charge in [0.2, 0.25) is 0 Å². The second kappa shape index (κ2) is 8.98. The Kier molecular flexibility index (Phi) is 6.99. The molecular formula is C17H25N3O3S. The summed E-state index contributed by atoms with van der Waals surface area (Å²) in [5, 5.41) is 30.4. The van der Waals surface area contributed by atoms with Crippen LogP contribution < -0.4 is 10.6 Å². The van der Waals surface area contributed by atoms with Crippen molar-refractivity contribution in [1.82, 2.24) is 0 Å². The van der Waals surface area contributed by atoms with Crippen molar-refractivity contribution < 1.29 is 15.3 Å². The fraction of sp³-hybridized carbons (Fsp3) is 0.412. The third-order valence-corrected chi connectivity index (χ3v) is 5.25. The van der Waals surface area contributed by atoms with Crippen LogP contribution in [0.5, 0.6) is 0 Å². The van der Waals surface area contributed by atoms with Gasteiger partial charge in [0.25, 0.3) is 0 Å². The third-order valence-electron chi connectivity index (χ3n) is 3.85. The first-order valence-corrected chi connectivity index (χ1v) is 9.30. The van der Waals surface area contributed by atoms with E-state index in [-0.39, 0.29) is 36.2 Å². The zero-order valence-corrected chi connectivity index (χ0v) is 14.5. The summed E-state index contributed by atoms with van der Waals surface area (Å²) in [6, 6.07) is 5.70. The molecule has 0 bridgehead atoms. The number of hydrogen-bond donors (Lipinski definition) is 4. The van der Waals surface area contributed by atoms with Gasteiger partial charge in [-0.25, -0.2) is 0 Å². The minimum Gasteiger partial charge on any atom is -0.398 e. The Balaban J connectivity index is 2.37. The van der Waals surface area contributed by atoms with E-state index >= 15 is 0 Å². The molecule has 132 valence electrons. The Labute approximate surface area is 144 Å². The van der Waals surface area contributed by atoms with Crippen LogP contribution >= 0.6 is 10.5 Å². The molecule has 1 heterocycles. The molecule has 1 aliphatic heterocycles. The Morgan fingerprint density at radius 2 is 1.88 bits per heavy atom. The Bertz CT molecular complexity index is 640. The Hall–Kier alpha value is -1.67. The second-order valence-electron chi connectivity index (χ2n) is 5.43. The average Bonchev–Trinajstić information content (AvgIpc) is 2.94. The first kappa shape index (κ1) is 18.7. The van der Waals surface area contributed by atoms with Gasteiger partial charge in [-0.2, -0.15) is 0 Å². The van der Waals surface area contributed by atoms with Crippen molar-refractivity contribution in [2.24, 2.45) is 4.99 Å². The summed E-state index contributed by atoms with van der Waals surface area (Å²) in [6.07, 6.45) is 2.05. The van der Waals surface area contributed by atoms with Crippen molar-refractivity contribution in [3.05, 3.63) is 35.2 Å². The molecule has 2 rings (SSSR count). The lowest BCUT2D eigenvalue weighted by Crippen LogP contribution is -2.29. The van der Waals surface area contributed by atoms with E-state index in [0.29, 0.717) is 25.3 Å². The predicted molar refractivity (Wildman–Crippen MR) is 103 cm³/mol. The molecule has 0 saturated heterocycles. The number of nitrogen functional groups attached to an aromatic ring is 1. The standard InChI is InChI=1S/C17H25N3O3S/c1-24-11-4-14(17(24)19-5-8-21)15-12-13(2-3-16(15)18)20(6-9-22)7-10-23/h2-4,11-12,14,21-23H,1,5-10,18H2. The molecule has 6 nitrogen and oxygen atoms in total. The summed E-state index contributed by atoms with van der Waals surface area (Å²) in [6.45, 7) is 1.26. The molecule has 0 aliphatic carbocycles. The lowest BCUT2D eigenvalue weighted by molar-refractivity contribution is 0.281. The van der Waals surface area contributed by atoms with Crippen molar-refractivity contribution in [3.8, 4) is 0 Å². The molecule has 0 amide bonds. The lowest BCUT2D eigenvalue weighted by Gasteiger charge is -2.25. The van der Waals surface area contributed by atoms with Crippen molar-refractivity contribution in [1.29, 1.82) is 0 Å². The van der Waals surface area contributed by atoms with Crippen LogP contribution in [-0.4, -0.2) is 65.7 Å². The molecule has 1 aromatic carbocycles. The zero-order chi connectivity index (χ0) is 17.5. The molecule has 1 aliphatic rings. The van der Waals surface area contributed by atoms with Crippen molar-refractivity contribution in [2.45, 2.75) is 5.92 Å². The number of aliphatic hydroxyl groups is 3. The number of hydrogen-bond acceptors (Lipinski definition) is 6. The van der Waals surface area contributed by atoms with E-state index in [2.05, 4.69) is 10.9 Å². The largest absolute Gasteiger partial charge is 0.398 e. The summed E-state index contributed by atoms with van der Waals surface area (Å²) in [5.41, 5.74) is 8.67. The van der Waals surface area contributed by atoms with E-state index in [1.807, 2.05) is 34.6 Å². The molecular weight excluding hydrogens is 326 g/mol. The maximum atomic E-state index is 9.22. The van der Waals surface area contributed by atoms with E-state index in [4.69, 9.17) is 10.8 Å². The van der Waals surface area contributed by atoms with Crippen LogP contribution in [0.25, 0.3) is 0 Å². The molecule has 7 heteroatoms. The average molecular weight is 351 g/mol. The van der Waals surface area contributed by atoms with E-state index in [1.165, 1.54) is 0 Å². The highest BCUT2D eigenvalue weighted by Gasteiger charge is 2.24. The van der Waals surface area contributed by atoms with Gasteiger partial charge in [-0.15, -0.1) is 10.5 Å². The van der Waals surface area contributed by atoms with Crippen LogP contribution in [0.2, 0.25) is 0 Å².